The molecular formula is C17H25N3O2. The lowest BCUT2D eigenvalue weighted by molar-refractivity contribution is -0.122. The number of benzene rings is 1. The van der Waals surface area contributed by atoms with E-state index >= 15 is 0 Å². The third kappa shape index (κ3) is 4.58. The van der Waals surface area contributed by atoms with E-state index in [1.165, 1.54) is 0 Å². The van der Waals surface area contributed by atoms with Crippen LogP contribution in [0.2, 0.25) is 0 Å². The summed E-state index contributed by atoms with van der Waals surface area (Å²) in [6, 6.07) is 7.78. The number of nitrogens with one attached hydrogen (secondary N) is 2. The molecular weight excluding hydrogens is 278 g/mol. The minimum atomic E-state index is -0.249. The Morgan fingerprint density at radius 3 is 2.86 bits per heavy atom. The third-order valence-electron chi connectivity index (χ3n) is 3.83. The number of fused-ring (bicyclic) bond motifs is 1. The van der Waals surface area contributed by atoms with Crippen molar-refractivity contribution in [2.75, 3.05) is 13.2 Å². The molecule has 0 saturated heterocycles. The van der Waals surface area contributed by atoms with Crippen LogP contribution in [0.1, 0.15) is 31.2 Å². The molecule has 0 spiro atoms. The monoisotopic (exact) mass is 303 g/mol. The van der Waals surface area contributed by atoms with Crippen LogP contribution in [-0.4, -0.2) is 35.2 Å². The molecule has 0 aliphatic carbocycles. The van der Waals surface area contributed by atoms with Crippen LogP contribution < -0.4 is 11.1 Å². The Balaban J connectivity index is 1.88. The Morgan fingerprint density at radius 2 is 2.09 bits per heavy atom. The Morgan fingerprint density at radius 1 is 1.27 bits per heavy atom. The van der Waals surface area contributed by atoms with Gasteiger partial charge in [-0.25, -0.2) is 0 Å². The first-order chi connectivity index (χ1) is 10.7. The highest BCUT2D eigenvalue weighted by atomic mass is 16.3. The Kier molecular flexibility index (Phi) is 6.43. The number of nitrogens with two attached hydrogens (primary N) is 1. The number of para-hydroxylation sites is 1. The molecule has 5 heteroatoms. The van der Waals surface area contributed by atoms with Crippen molar-refractivity contribution < 1.29 is 9.90 Å². The molecule has 0 unspecified atom stereocenters. The van der Waals surface area contributed by atoms with E-state index in [0.29, 0.717) is 19.4 Å². The predicted octanol–water partition coefficient (Wildman–Crippen LogP) is 1.71. The fraction of sp³-hybridized carbons (Fsp3) is 0.471. The molecule has 22 heavy (non-hydrogen) atoms. The van der Waals surface area contributed by atoms with Crippen LogP contribution in [0.4, 0.5) is 0 Å². The first-order valence-electron chi connectivity index (χ1n) is 7.90. The smallest absolute Gasteiger partial charge is 0.220 e. The number of amides is 1. The first-order valence-corrected chi connectivity index (χ1v) is 7.90. The van der Waals surface area contributed by atoms with Gasteiger partial charge >= 0.3 is 0 Å². The average Bonchev–Trinajstić information content (AvgIpc) is 2.94. The topological polar surface area (TPSA) is 91.1 Å². The van der Waals surface area contributed by atoms with Crippen molar-refractivity contribution in [3.63, 3.8) is 0 Å². The molecule has 0 aliphatic rings. The summed E-state index contributed by atoms with van der Waals surface area (Å²) in [7, 11) is 0. The fourth-order valence-electron chi connectivity index (χ4n) is 2.63. The van der Waals surface area contributed by atoms with Crippen LogP contribution in [0.5, 0.6) is 0 Å². The number of aliphatic hydroxyl groups is 1. The maximum absolute atomic E-state index is 11.9. The number of unbranched alkanes of at least 4 members (excludes halogenated alkanes) is 2. The molecule has 0 saturated carbocycles. The molecule has 2 rings (SSSR count). The van der Waals surface area contributed by atoms with Crippen molar-refractivity contribution in [1.29, 1.82) is 0 Å². The lowest BCUT2D eigenvalue weighted by Gasteiger charge is -2.16. The zero-order valence-corrected chi connectivity index (χ0v) is 12.8. The average molecular weight is 303 g/mol. The molecule has 0 bridgehead atoms. The van der Waals surface area contributed by atoms with E-state index in [1.54, 1.807) is 0 Å². The van der Waals surface area contributed by atoms with Crippen LogP contribution >= 0.6 is 0 Å². The van der Waals surface area contributed by atoms with Gasteiger partial charge in [0.15, 0.2) is 0 Å². The predicted molar refractivity (Wildman–Crippen MR) is 88.5 cm³/mol. The highest BCUT2D eigenvalue weighted by Crippen LogP contribution is 2.19. The normalized spacial score (nSPS) is 12.5. The van der Waals surface area contributed by atoms with Gasteiger partial charge in [-0.1, -0.05) is 24.6 Å². The zero-order valence-electron chi connectivity index (χ0n) is 12.8. The summed E-state index contributed by atoms with van der Waals surface area (Å²) in [4.78, 5) is 15.1. The number of aliphatic hydroxyl groups excluding tert-OH is 1. The van der Waals surface area contributed by atoms with Gasteiger partial charge in [-0.3, -0.25) is 4.79 Å². The second-order valence-corrected chi connectivity index (χ2v) is 5.61. The molecule has 5 nitrogen and oxygen atoms in total. The van der Waals surface area contributed by atoms with Gasteiger partial charge in [-0.05, 0) is 37.4 Å². The molecule has 1 aromatic heterocycles. The van der Waals surface area contributed by atoms with Crippen molar-refractivity contribution in [3.8, 4) is 0 Å². The maximum Gasteiger partial charge on any atom is 0.220 e. The molecule has 5 N–H and O–H groups in total. The fourth-order valence-corrected chi connectivity index (χ4v) is 2.63. The number of carbonyl (C=O) groups excluding carboxylic acids is 1. The quantitative estimate of drug-likeness (QED) is 0.531. The summed E-state index contributed by atoms with van der Waals surface area (Å²) in [5.74, 6) is -0.00378. The number of hydrogen-bond donors (Lipinski definition) is 4. The van der Waals surface area contributed by atoms with Gasteiger partial charge in [-0.15, -0.1) is 0 Å². The van der Waals surface area contributed by atoms with Gasteiger partial charge in [0.05, 0.1) is 12.6 Å². The van der Waals surface area contributed by atoms with E-state index in [4.69, 9.17) is 5.73 Å². The molecule has 0 fully saturated rings. The van der Waals surface area contributed by atoms with Crippen LogP contribution in [0, 0.1) is 0 Å². The lowest BCUT2D eigenvalue weighted by Crippen LogP contribution is -2.38. The van der Waals surface area contributed by atoms with E-state index in [9.17, 15) is 9.90 Å². The van der Waals surface area contributed by atoms with Crippen molar-refractivity contribution in [1.82, 2.24) is 10.3 Å². The molecule has 2 aromatic rings. The molecule has 1 atom stereocenters. The number of aromatic amines is 1. The second-order valence-electron chi connectivity index (χ2n) is 5.61. The van der Waals surface area contributed by atoms with Gasteiger partial charge in [0.2, 0.25) is 5.91 Å². The Labute approximate surface area is 130 Å². The summed E-state index contributed by atoms with van der Waals surface area (Å²) < 4.78 is 0. The molecule has 1 amide bonds. The van der Waals surface area contributed by atoms with Crippen LogP contribution in [0.3, 0.4) is 0 Å². The summed E-state index contributed by atoms with van der Waals surface area (Å²) >= 11 is 0. The number of carbonyl (C=O) groups is 1. The van der Waals surface area contributed by atoms with Crippen LogP contribution in [0.25, 0.3) is 10.9 Å². The van der Waals surface area contributed by atoms with Gasteiger partial charge in [0.25, 0.3) is 0 Å². The maximum atomic E-state index is 11.9. The van der Waals surface area contributed by atoms with Crippen molar-refractivity contribution in [2.45, 2.75) is 38.1 Å². The molecule has 1 heterocycles. The third-order valence-corrected chi connectivity index (χ3v) is 3.83. The second kappa shape index (κ2) is 8.56. The summed E-state index contributed by atoms with van der Waals surface area (Å²) in [6.45, 7) is 0.607. The molecule has 1 aromatic carbocycles. The van der Waals surface area contributed by atoms with Crippen molar-refractivity contribution in [2.24, 2.45) is 5.73 Å². The minimum Gasteiger partial charge on any atom is -0.394 e. The lowest BCUT2D eigenvalue weighted by atomic mass is 10.1. The SMILES string of the molecule is NCCCCCC(=O)N[C@H](CO)Cc1c[nH]c2ccccc12. The first kappa shape index (κ1) is 16.5. The minimum absolute atomic E-state index is 0.00378. The highest BCUT2D eigenvalue weighted by Gasteiger charge is 2.14. The van der Waals surface area contributed by atoms with Crippen molar-refractivity contribution >= 4 is 16.8 Å². The van der Waals surface area contributed by atoms with Crippen LogP contribution in [0.15, 0.2) is 30.5 Å². The van der Waals surface area contributed by atoms with Gasteiger partial charge in [0.1, 0.15) is 0 Å². The molecule has 0 radical (unpaired) electrons. The largest absolute Gasteiger partial charge is 0.394 e. The van der Waals surface area contributed by atoms with E-state index in [-0.39, 0.29) is 18.6 Å². The van der Waals surface area contributed by atoms with E-state index < -0.39 is 0 Å². The van der Waals surface area contributed by atoms with E-state index in [0.717, 1.165) is 35.7 Å². The van der Waals surface area contributed by atoms with Crippen LogP contribution in [-0.2, 0) is 11.2 Å². The summed E-state index contributed by atoms with van der Waals surface area (Å²) in [6.07, 6.45) is 5.82. The van der Waals surface area contributed by atoms with E-state index in [2.05, 4.69) is 10.3 Å². The Bertz CT molecular complexity index is 594. The summed E-state index contributed by atoms with van der Waals surface area (Å²) in [5.41, 5.74) is 7.61. The number of rotatable bonds is 9. The zero-order chi connectivity index (χ0) is 15.8. The van der Waals surface area contributed by atoms with Gasteiger partial charge < -0.3 is 21.1 Å². The van der Waals surface area contributed by atoms with Gasteiger partial charge in [-0.2, -0.15) is 0 Å². The number of aromatic nitrogens is 1. The standard InChI is InChI=1S/C17H25N3O2/c18-9-5-1-2-8-17(22)20-14(12-21)10-13-11-19-16-7-4-3-6-15(13)16/h3-4,6-7,11,14,19,21H,1-2,5,8-10,12,18H2,(H,20,22)/t14-/m0/s1. The van der Waals surface area contributed by atoms with Crippen molar-refractivity contribution in [3.05, 3.63) is 36.0 Å². The van der Waals surface area contributed by atoms with E-state index in [1.807, 2.05) is 30.5 Å². The molecule has 0 aliphatic heterocycles. The number of hydrogen-bond acceptors (Lipinski definition) is 3. The summed E-state index contributed by atoms with van der Waals surface area (Å²) in [5, 5.41) is 13.6. The number of H-pyrrole nitrogens is 1. The Hall–Kier alpha value is -1.85. The molecule has 120 valence electrons. The van der Waals surface area contributed by atoms with Gasteiger partial charge in [0, 0.05) is 23.5 Å². The highest BCUT2D eigenvalue weighted by molar-refractivity contribution is 5.83.